The van der Waals surface area contributed by atoms with E-state index in [0.717, 1.165) is 30.9 Å². The van der Waals surface area contributed by atoms with Gasteiger partial charge in [0.15, 0.2) is 11.5 Å². The Labute approximate surface area is 197 Å². The number of carbonyl (C=O) groups is 2. The number of aliphatic hydroxyl groups excluding tert-OH is 1. The molecule has 1 atom stereocenters. The zero-order chi connectivity index (χ0) is 23.4. The number of likely N-dealkylation sites (tertiary alicyclic amines) is 1. The molecule has 1 amide bonds. The SMILES string of the molecule is COc1ccc(/C(O)=C2\C(=O)C(=O)N(CCCN3CCOCC3)[C@@H]2c2cccs2)cc1OC. The average molecular weight is 473 g/mol. The van der Waals surface area contributed by atoms with Gasteiger partial charge in [-0.25, -0.2) is 0 Å². The van der Waals surface area contributed by atoms with Crippen molar-refractivity contribution in [3.05, 3.63) is 51.7 Å². The highest BCUT2D eigenvalue weighted by atomic mass is 32.1. The van der Waals surface area contributed by atoms with Crippen molar-refractivity contribution in [2.24, 2.45) is 0 Å². The predicted octanol–water partition coefficient (Wildman–Crippen LogP) is 2.91. The molecule has 0 unspecified atom stereocenters. The molecule has 1 aromatic carbocycles. The van der Waals surface area contributed by atoms with E-state index in [9.17, 15) is 14.7 Å². The smallest absolute Gasteiger partial charge is 0.295 e. The van der Waals surface area contributed by atoms with E-state index in [1.165, 1.54) is 25.6 Å². The van der Waals surface area contributed by atoms with Gasteiger partial charge in [0.25, 0.3) is 11.7 Å². The fourth-order valence-corrected chi connectivity index (χ4v) is 5.13. The fourth-order valence-electron chi connectivity index (χ4n) is 4.28. The van der Waals surface area contributed by atoms with E-state index in [4.69, 9.17) is 14.2 Å². The van der Waals surface area contributed by atoms with E-state index in [1.54, 1.807) is 23.1 Å². The largest absolute Gasteiger partial charge is 0.507 e. The van der Waals surface area contributed by atoms with Gasteiger partial charge >= 0.3 is 0 Å². The Hall–Kier alpha value is -2.88. The first kappa shape index (κ1) is 23.3. The molecule has 0 aliphatic carbocycles. The lowest BCUT2D eigenvalue weighted by Gasteiger charge is -2.28. The number of carbonyl (C=O) groups excluding carboxylic acids is 2. The van der Waals surface area contributed by atoms with Crippen molar-refractivity contribution in [1.82, 2.24) is 9.80 Å². The van der Waals surface area contributed by atoms with Gasteiger partial charge in [-0.05, 0) is 36.1 Å². The van der Waals surface area contributed by atoms with E-state index in [1.807, 2.05) is 17.5 Å². The Kier molecular flexibility index (Phi) is 7.32. The lowest BCUT2D eigenvalue weighted by molar-refractivity contribution is -0.140. The molecule has 8 nitrogen and oxygen atoms in total. The third-order valence-electron chi connectivity index (χ3n) is 5.99. The van der Waals surface area contributed by atoms with Gasteiger partial charge in [-0.2, -0.15) is 0 Å². The van der Waals surface area contributed by atoms with Crippen molar-refractivity contribution in [3.8, 4) is 11.5 Å². The second-order valence-electron chi connectivity index (χ2n) is 7.89. The summed E-state index contributed by atoms with van der Waals surface area (Å²) in [4.78, 5) is 30.8. The van der Waals surface area contributed by atoms with E-state index >= 15 is 0 Å². The Bertz CT molecular complexity index is 1030. The van der Waals surface area contributed by atoms with Crippen molar-refractivity contribution in [2.75, 3.05) is 53.6 Å². The molecule has 4 rings (SSSR count). The zero-order valence-corrected chi connectivity index (χ0v) is 19.6. The van der Waals surface area contributed by atoms with Crippen LogP contribution in [0, 0.1) is 0 Å². The van der Waals surface area contributed by atoms with Crippen LogP contribution in [0.4, 0.5) is 0 Å². The topological polar surface area (TPSA) is 88.5 Å². The highest BCUT2D eigenvalue weighted by Gasteiger charge is 2.46. The Balaban J connectivity index is 1.65. The second-order valence-corrected chi connectivity index (χ2v) is 8.86. The van der Waals surface area contributed by atoms with E-state index < -0.39 is 17.7 Å². The summed E-state index contributed by atoms with van der Waals surface area (Å²) < 4.78 is 16.0. The molecule has 176 valence electrons. The van der Waals surface area contributed by atoms with Crippen molar-refractivity contribution in [2.45, 2.75) is 12.5 Å². The maximum atomic E-state index is 13.1. The number of amides is 1. The molecule has 0 saturated carbocycles. The van der Waals surface area contributed by atoms with Crippen LogP contribution >= 0.6 is 11.3 Å². The Morgan fingerprint density at radius 1 is 1.12 bits per heavy atom. The molecule has 0 radical (unpaired) electrons. The number of methoxy groups -OCH3 is 2. The van der Waals surface area contributed by atoms with Gasteiger partial charge < -0.3 is 24.2 Å². The van der Waals surface area contributed by atoms with Gasteiger partial charge in [0.1, 0.15) is 5.76 Å². The summed E-state index contributed by atoms with van der Waals surface area (Å²) in [5.74, 6) is -0.547. The van der Waals surface area contributed by atoms with E-state index in [-0.39, 0.29) is 11.3 Å². The maximum absolute atomic E-state index is 13.1. The Morgan fingerprint density at radius 3 is 2.55 bits per heavy atom. The minimum absolute atomic E-state index is 0.0982. The van der Waals surface area contributed by atoms with E-state index in [0.29, 0.717) is 36.8 Å². The molecule has 2 aliphatic heterocycles. The number of Topliss-reactive ketones (excluding diaryl/α,β-unsaturated/α-hetero) is 1. The van der Waals surface area contributed by atoms with Crippen molar-refractivity contribution >= 4 is 28.8 Å². The Morgan fingerprint density at radius 2 is 1.88 bits per heavy atom. The minimum Gasteiger partial charge on any atom is -0.507 e. The number of aliphatic hydroxyl groups is 1. The van der Waals surface area contributed by atoms with Gasteiger partial charge in [0.05, 0.1) is 39.0 Å². The summed E-state index contributed by atoms with van der Waals surface area (Å²) in [7, 11) is 3.03. The quantitative estimate of drug-likeness (QED) is 0.359. The number of thiophene rings is 1. The third-order valence-corrected chi connectivity index (χ3v) is 6.91. The molecule has 1 N–H and O–H groups in total. The molecular formula is C24H28N2O6S. The van der Waals surface area contributed by atoms with Gasteiger partial charge in [-0.3, -0.25) is 14.5 Å². The number of hydrogen-bond donors (Lipinski definition) is 1. The summed E-state index contributed by atoms with van der Waals surface area (Å²) >= 11 is 1.46. The predicted molar refractivity (Wildman–Crippen MR) is 125 cm³/mol. The lowest BCUT2D eigenvalue weighted by Crippen LogP contribution is -2.38. The van der Waals surface area contributed by atoms with E-state index in [2.05, 4.69) is 4.90 Å². The van der Waals surface area contributed by atoms with Crippen LogP contribution in [0.1, 0.15) is 22.9 Å². The zero-order valence-electron chi connectivity index (χ0n) is 18.8. The monoisotopic (exact) mass is 472 g/mol. The van der Waals surface area contributed by atoms with Gasteiger partial charge in [0.2, 0.25) is 0 Å². The van der Waals surface area contributed by atoms with Gasteiger partial charge in [0, 0.05) is 36.6 Å². The molecule has 2 aliphatic rings. The number of ether oxygens (including phenoxy) is 3. The molecule has 0 spiro atoms. The number of morpholine rings is 1. The molecule has 9 heteroatoms. The van der Waals surface area contributed by atoms with Crippen LogP contribution in [-0.2, 0) is 14.3 Å². The normalized spacial score (nSPS) is 20.9. The number of rotatable bonds is 8. The van der Waals surface area contributed by atoms with Crippen LogP contribution in [0.2, 0.25) is 0 Å². The van der Waals surface area contributed by atoms with Crippen molar-refractivity contribution in [1.29, 1.82) is 0 Å². The summed E-state index contributed by atoms with van der Waals surface area (Å²) in [6.07, 6.45) is 0.727. The number of benzene rings is 1. The summed E-state index contributed by atoms with van der Waals surface area (Å²) in [6.45, 7) is 4.40. The van der Waals surface area contributed by atoms with Crippen molar-refractivity contribution < 1.29 is 28.9 Å². The van der Waals surface area contributed by atoms with Gasteiger partial charge in [-0.1, -0.05) is 6.07 Å². The molecule has 1 aromatic heterocycles. The molecular weight excluding hydrogens is 444 g/mol. The molecule has 0 bridgehead atoms. The molecule has 2 aromatic rings. The van der Waals surface area contributed by atoms with Crippen LogP contribution < -0.4 is 9.47 Å². The van der Waals surface area contributed by atoms with Crippen LogP contribution in [0.15, 0.2) is 41.3 Å². The second kappa shape index (κ2) is 10.4. The van der Waals surface area contributed by atoms with Crippen LogP contribution in [0.5, 0.6) is 11.5 Å². The third kappa shape index (κ3) is 4.75. The summed E-state index contributed by atoms with van der Waals surface area (Å²) in [5, 5.41) is 13.1. The highest BCUT2D eigenvalue weighted by molar-refractivity contribution is 7.10. The number of hydrogen-bond acceptors (Lipinski definition) is 8. The molecule has 2 saturated heterocycles. The number of ketones is 1. The highest BCUT2D eigenvalue weighted by Crippen LogP contribution is 2.42. The summed E-state index contributed by atoms with van der Waals surface area (Å²) in [6, 6.07) is 8.05. The minimum atomic E-state index is -0.674. The first-order valence-corrected chi connectivity index (χ1v) is 11.8. The van der Waals surface area contributed by atoms with Crippen molar-refractivity contribution in [3.63, 3.8) is 0 Å². The average Bonchev–Trinajstić information content (AvgIpc) is 3.46. The maximum Gasteiger partial charge on any atom is 0.295 e. The first-order chi connectivity index (χ1) is 16.0. The number of nitrogens with zero attached hydrogens (tertiary/aromatic N) is 2. The summed E-state index contributed by atoms with van der Waals surface area (Å²) in [5.41, 5.74) is 0.488. The van der Waals surface area contributed by atoms with Gasteiger partial charge in [-0.15, -0.1) is 11.3 Å². The first-order valence-electron chi connectivity index (χ1n) is 10.9. The van der Waals surface area contributed by atoms with Crippen LogP contribution in [0.3, 0.4) is 0 Å². The van der Waals surface area contributed by atoms with Crippen LogP contribution in [-0.4, -0.2) is 80.2 Å². The fraction of sp³-hybridized carbons (Fsp3) is 0.417. The standard InChI is InChI=1S/C24H28N2O6S/c1-30-17-7-6-16(15-18(17)31-2)22(27)20-21(19-5-3-14-33-19)26(24(29)23(20)28)9-4-8-25-10-12-32-13-11-25/h3,5-7,14-15,21,27H,4,8-13H2,1-2H3/b22-20+/t21-/m1/s1. The molecule has 2 fully saturated rings. The van der Waals surface area contributed by atoms with Crippen LogP contribution in [0.25, 0.3) is 5.76 Å². The molecule has 33 heavy (non-hydrogen) atoms. The molecule has 3 heterocycles. The lowest BCUT2D eigenvalue weighted by atomic mass is 9.99.